The number of carbonyl (C=O) groups is 1. The standard InChI is InChI=1S/C14H10ClN3O/c1-10(6-5-9-19)12-16-13(18-14(15)17-12)11-7-3-2-4-8-11/h2-9H,1H2/b6-5-. The molecule has 0 aliphatic heterocycles. The first-order chi connectivity index (χ1) is 9.20. The van der Waals surface area contributed by atoms with Crippen molar-refractivity contribution in [2.75, 3.05) is 0 Å². The molecule has 94 valence electrons. The van der Waals surface area contributed by atoms with Gasteiger partial charge in [-0.05, 0) is 23.8 Å². The zero-order valence-corrected chi connectivity index (χ0v) is 10.7. The molecule has 0 radical (unpaired) electrons. The highest BCUT2D eigenvalue weighted by molar-refractivity contribution is 6.28. The number of allylic oxidation sites excluding steroid dienone is 3. The number of aldehydes is 1. The first-order valence-electron chi connectivity index (χ1n) is 5.49. The molecule has 0 aliphatic carbocycles. The maximum Gasteiger partial charge on any atom is 0.226 e. The van der Waals surface area contributed by atoms with Gasteiger partial charge < -0.3 is 0 Å². The van der Waals surface area contributed by atoms with E-state index in [4.69, 9.17) is 11.6 Å². The van der Waals surface area contributed by atoms with Crippen LogP contribution >= 0.6 is 11.6 Å². The first-order valence-corrected chi connectivity index (χ1v) is 5.86. The minimum absolute atomic E-state index is 0.0875. The maximum absolute atomic E-state index is 10.3. The van der Waals surface area contributed by atoms with Crippen molar-refractivity contribution >= 4 is 23.5 Å². The zero-order chi connectivity index (χ0) is 13.7. The van der Waals surface area contributed by atoms with Gasteiger partial charge in [-0.2, -0.15) is 9.97 Å². The fraction of sp³-hybridized carbons (Fsp3) is 0. The van der Waals surface area contributed by atoms with Gasteiger partial charge in [0.25, 0.3) is 0 Å². The van der Waals surface area contributed by atoms with E-state index in [1.54, 1.807) is 0 Å². The number of nitrogens with zero attached hydrogens (tertiary/aromatic N) is 3. The lowest BCUT2D eigenvalue weighted by Crippen LogP contribution is -1.99. The van der Waals surface area contributed by atoms with Crippen LogP contribution in [0.3, 0.4) is 0 Å². The number of rotatable bonds is 4. The quantitative estimate of drug-likeness (QED) is 0.487. The van der Waals surface area contributed by atoms with Crippen molar-refractivity contribution in [3.05, 3.63) is 60.2 Å². The molecule has 0 saturated carbocycles. The number of carbonyl (C=O) groups excluding carboxylic acids is 1. The van der Waals surface area contributed by atoms with E-state index in [0.717, 1.165) is 5.56 Å². The van der Waals surface area contributed by atoms with Crippen LogP contribution in [0.4, 0.5) is 0 Å². The van der Waals surface area contributed by atoms with Crippen molar-refractivity contribution in [3.8, 4) is 11.4 Å². The number of benzene rings is 1. The van der Waals surface area contributed by atoms with Crippen LogP contribution in [0.5, 0.6) is 0 Å². The number of aromatic nitrogens is 3. The third kappa shape index (κ3) is 3.33. The van der Waals surface area contributed by atoms with Gasteiger partial charge in [0.2, 0.25) is 5.28 Å². The van der Waals surface area contributed by atoms with Crippen LogP contribution in [0.2, 0.25) is 5.28 Å². The van der Waals surface area contributed by atoms with E-state index in [-0.39, 0.29) is 5.28 Å². The molecule has 4 nitrogen and oxygen atoms in total. The molecule has 2 aromatic rings. The lowest BCUT2D eigenvalue weighted by molar-refractivity contribution is -0.104. The second-order valence-electron chi connectivity index (χ2n) is 3.64. The molecule has 1 aromatic carbocycles. The zero-order valence-electron chi connectivity index (χ0n) is 9.95. The summed E-state index contributed by atoms with van der Waals surface area (Å²) in [6, 6.07) is 9.42. The van der Waals surface area contributed by atoms with Crippen LogP contribution in [-0.4, -0.2) is 21.2 Å². The lowest BCUT2D eigenvalue weighted by atomic mass is 10.2. The summed E-state index contributed by atoms with van der Waals surface area (Å²) in [5.74, 6) is 0.813. The molecule has 19 heavy (non-hydrogen) atoms. The van der Waals surface area contributed by atoms with Gasteiger partial charge in [0.15, 0.2) is 11.6 Å². The lowest BCUT2D eigenvalue weighted by Gasteiger charge is -2.04. The molecule has 5 heteroatoms. The van der Waals surface area contributed by atoms with Crippen molar-refractivity contribution in [3.63, 3.8) is 0 Å². The maximum atomic E-state index is 10.3. The second kappa shape index (κ2) is 6.02. The predicted molar refractivity (Wildman–Crippen MR) is 74.5 cm³/mol. The molecular weight excluding hydrogens is 262 g/mol. The van der Waals surface area contributed by atoms with Gasteiger partial charge in [-0.25, -0.2) is 4.98 Å². The van der Waals surface area contributed by atoms with Crippen LogP contribution in [0, 0.1) is 0 Å². The Morgan fingerprint density at radius 2 is 1.89 bits per heavy atom. The van der Waals surface area contributed by atoms with Crippen LogP contribution in [-0.2, 0) is 4.79 Å². The normalized spacial score (nSPS) is 10.6. The van der Waals surface area contributed by atoms with Crippen molar-refractivity contribution in [1.29, 1.82) is 0 Å². The minimum atomic E-state index is 0.0875. The van der Waals surface area contributed by atoms with Gasteiger partial charge in [0.05, 0.1) is 0 Å². The Bertz CT molecular complexity index is 638. The smallest absolute Gasteiger partial charge is 0.226 e. The summed E-state index contributed by atoms with van der Waals surface area (Å²) < 4.78 is 0. The molecule has 0 atom stereocenters. The molecule has 0 aliphatic rings. The summed E-state index contributed by atoms with van der Waals surface area (Å²) in [5.41, 5.74) is 1.33. The first kappa shape index (κ1) is 13.1. The van der Waals surface area contributed by atoms with Crippen LogP contribution in [0.25, 0.3) is 17.0 Å². The average molecular weight is 272 g/mol. The van der Waals surface area contributed by atoms with E-state index < -0.39 is 0 Å². The molecule has 0 saturated heterocycles. The Hall–Kier alpha value is -2.33. The number of hydrogen-bond donors (Lipinski definition) is 0. The highest BCUT2D eigenvalue weighted by atomic mass is 35.5. The fourth-order valence-electron chi connectivity index (χ4n) is 1.44. The van der Waals surface area contributed by atoms with Gasteiger partial charge in [-0.15, -0.1) is 0 Å². The molecule has 0 amide bonds. The van der Waals surface area contributed by atoms with Crippen molar-refractivity contribution in [2.45, 2.75) is 0 Å². The Kier molecular flexibility index (Phi) is 4.15. The summed E-state index contributed by atoms with van der Waals surface area (Å²) in [5, 5.41) is 0.0875. The second-order valence-corrected chi connectivity index (χ2v) is 3.98. The minimum Gasteiger partial charge on any atom is -0.299 e. The van der Waals surface area contributed by atoms with Gasteiger partial charge in [-0.3, -0.25) is 4.79 Å². The average Bonchev–Trinajstić information content (AvgIpc) is 2.45. The Morgan fingerprint density at radius 3 is 2.58 bits per heavy atom. The Balaban J connectivity index is 2.43. The molecule has 1 aromatic heterocycles. The molecular formula is C14H10ClN3O. The highest BCUT2D eigenvalue weighted by Gasteiger charge is 2.08. The topological polar surface area (TPSA) is 55.7 Å². The monoisotopic (exact) mass is 271 g/mol. The third-order valence-corrected chi connectivity index (χ3v) is 2.47. The Labute approximate surface area is 115 Å². The molecule has 2 rings (SSSR count). The number of hydrogen-bond acceptors (Lipinski definition) is 4. The van der Waals surface area contributed by atoms with Crippen LogP contribution in [0.1, 0.15) is 5.82 Å². The summed E-state index contributed by atoms with van der Waals surface area (Å²) in [7, 11) is 0. The molecule has 0 N–H and O–H groups in total. The highest BCUT2D eigenvalue weighted by Crippen LogP contribution is 2.18. The van der Waals surface area contributed by atoms with Crippen molar-refractivity contribution < 1.29 is 4.79 Å². The van der Waals surface area contributed by atoms with Crippen molar-refractivity contribution in [2.24, 2.45) is 0 Å². The predicted octanol–water partition coefficient (Wildman–Crippen LogP) is 2.96. The van der Waals surface area contributed by atoms with E-state index in [1.165, 1.54) is 12.2 Å². The van der Waals surface area contributed by atoms with E-state index in [9.17, 15) is 4.79 Å². The Morgan fingerprint density at radius 1 is 1.16 bits per heavy atom. The summed E-state index contributed by atoms with van der Waals surface area (Å²) in [6.07, 6.45) is 3.50. The third-order valence-electron chi connectivity index (χ3n) is 2.30. The van der Waals surface area contributed by atoms with E-state index >= 15 is 0 Å². The SMILES string of the molecule is C=C(/C=C\C=O)c1nc(Cl)nc(-c2ccccc2)n1. The summed E-state index contributed by atoms with van der Waals surface area (Å²) in [6.45, 7) is 3.78. The van der Waals surface area contributed by atoms with Gasteiger partial charge >= 0.3 is 0 Å². The van der Waals surface area contributed by atoms with Crippen LogP contribution in [0.15, 0.2) is 49.1 Å². The van der Waals surface area contributed by atoms with E-state index in [0.29, 0.717) is 23.5 Å². The van der Waals surface area contributed by atoms with Crippen LogP contribution < -0.4 is 0 Å². The van der Waals surface area contributed by atoms with Gasteiger partial charge in [-0.1, -0.05) is 36.9 Å². The van der Waals surface area contributed by atoms with E-state index in [2.05, 4.69) is 21.5 Å². The summed E-state index contributed by atoms with van der Waals surface area (Å²) >= 11 is 5.88. The largest absolute Gasteiger partial charge is 0.299 e. The van der Waals surface area contributed by atoms with Crippen molar-refractivity contribution in [1.82, 2.24) is 15.0 Å². The molecule has 1 heterocycles. The van der Waals surface area contributed by atoms with Gasteiger partial charge in [0, 0.05) is 11.1 Å². The molecule has 0 unspecified atom stereocenters. The molecule has 0 fully saturated rings. The number of halogens is 1. The van der Waals surface area contributed by atoms with Gasteiger partial charge in [0.1, 0.15) is 6.29 Å². The fourth-order valence-corrected chi connectivity index (χ4v) is 1.60. The molecule has 0 spiro atoms. The molecule has 0 bridgehead atoms. The van der Waals surface area contributed by atoms with E-state index in [1.807, 2.05) is 30.3 Å². The summed E-state index contributed by atoms with van der Waals surface area (Å²) in [4.78, 5) is 22.6.